The van der Waals surface area contributed by atoms with Gasteiger partial charge in [-0.3, -0.25) is 9.69 Å². The van der Waals surface area contributed by atoms with Gasteiger partial charge in [-0.15, -0.1) is 0 Å². The van der Waals surface area contributed by atoms with E-state index in [9.17, 15) is 4.79 Å². The standard InChI is InChI=1S/C28H30N2O/c1-22-8-3-4-11-27(22)25-10-7-9-23(20-25)14-17-28(31)29-26-15-12-24(13-16-26)21-30-18-5-2-6-19-30/h3-4,7-17,20H,2,5-6,18-19,21H2,1H3,(H,29,31)/b17-14+. The van der Waals surface area contributed by atoms with Crippen LogP contribution in [0, 0.1) is 6.92 Å². The summed E-state index contributed by atoms with van der Waals surface area (Å²) in [4.78, 5) is 14.9. The second-order valence-electron chi connectivity index (χ2n) is 8.30. The van der Waals surface area contributed by atoms with Gasteiger partial charge in [0.05, 0.1) is 0 Å². The van der Waals surface area contributed by atoms with Crippen molar-refractivity contribution in [2.45, 2.75) is 32.7 Å². The zero-order chi connectivity index (χ0) is 21.5. The van der Waals surface area contributed by atoms with Crippen molar-refractivity contribution in [1.29, 1.82) is 0 Å². The van der Waals surface area contributed by atoms with Crippen LogP contribution in [0.5, 0.6) is 0 Å². The number of nitrogens with one attached hydrogen (secondary N) is 1. The van der Waals surface area contributed by atoms with Crippen molar-refractivity contribution >= 4 is 17.7 Å². The maximum atomic E-state index is 12.4. The molecular weight excluding hydrogens is 380 g/mol. The number of likely N-dealkylation sites (tertiary alicyclic amines) is 1. The third-order valence-corrected chi connectivity index (χ3v) is 5.85. The molecule has 0 spiro atoms. The van der Waals surface area contributed by atoms with Crippen molar-refractivity contribution in [1.82, 2.24) is 4.90 Å². The normalized spacial score (nSPS) is 14.6. The van der Waals surface area contributed by atoms with Crippen molar-refractivity contribution < 1.29 is 4.79 Å². The average Bonchev–Trinajstić information content (AvgIpc) is 2.80. The van der Waals surface area contributed by atoms with Gasteiger partial charge in [0, 0.05) is 18.3 Å². The molecule has 0 saturated carbocycles. The molecular formula is C28H30N2O. The molecule has 1 fully saturated rings. The molecule has 0 atom stereocenters. The lowest BCUT2D eigenvalue weighted by molar-refractivity contribution is -0.111. The van der Waals surface area contributed by atoms with Gasteiger partial charge in [-0.25, -0.2) is 0 Å². The number of hydrogen-bond acceptors (Lipinski definition) is 2. The van der Waals surface area contributed by atoms with Crippen LogP contribution in [0.1, 0.15) is 36.0 Å². The Morgan fingerprint density at radius 3 is 2.48 bits per heavy atom. The van der Waals surface area contributed by atoms with Gasteiger partial charge < -0.3 is 5.32 Å². The third kappa shape index (κ3) is 5.93. The first kappa shape index (κ1) is 21.1. The van der Waals surface area contributed by atoms with Gasteiger partial charge in [0.15, 0.2) is 0 Å². The summed E-state index contributed by atoms with van der Waals surface area (Å²) in [6.45, 7) is 5.48. The first-order valence-corrected chi connectivity index (χ1v) is 11.1. The number of carbonyl (C=O) groups is 1. The lowest BCUT2D eigenvalue weighted by Crippen LogP contribution is -2.29. The Morgan fingerprint density at radius 1 is 0.935 bits per heavy atom. The number of amides is 1. The van der Waals surface area contributed by atoms with E-state index >= 15 is 0 Å². The van der Waals surface area contributed by atoms with Crippen molar-refractivity contribution in [2.24, 2.45) is 0 Å². The molecule has 1 saturated heterocycles. The summed E-state index contributed by atoms with van der Waals surface area (Å²) in [6.07, 6.45) is 7.41. The summed E-state index contributed by atoms with van der Waals surface area (Å²) in [5.41, 5.74) is 6.74. The van der Waals surface area contributed by atoms with Crippen LogP contribution in [0.15, 0.2) is 78.9 Å². The summed E-state index contributed by atoms with van der Waals surface area (Å²) in [6, 6.07) is 24.8. The largest absolute Gasteiger partial charge is 0.323 e. The SMILES string of the molecule is Cc1ccccc1-c1cccc(/C=C/C(=O)Nc2ccc(CN3CCCCC3)cc2)c1. The summed E-state index contributed by atoms with van der Waals surface area (Å²) in [5.74, 6) is -0.120. The molecule has 158 valence electrons. The van der Waals surface area contributed by atoms with Crippen LogP contribution in [0.2, 0.25) is 0 Å². The number of nitrogens with zero attached hydrogens (tertiary/aromatic N) is 1. The first-order valence-electron chi connectivity index (χ1n) is 11.1. The second-order valence-corrected chi connectivity index (χ2v) is 8.30. The van der Waals surface area contributed by atoms with E-state index in [0.29, 0.717) is 0 Å². The molecule has 0 radical (unpaired) electrons. The summed E-state index contributed by atoms with van der Waals surface area (Å²) >= 11 is 0. The minimum Gasteiger partial charge on any atom is -0.323 e. The number of piperidine rings is 1. The summed E-state index contributed by atoms with van der Waals surface area (Å²) in [7, 11) is 0. The fraction of sp³-hybridized carbons (Fsp3) is 0.250. The molecule has 3 aromatic rings. The van der Waals surface area contributed by atoms with E-state index in [1.165, 1.54) is 49.0 Å². The second kappa shape index (κ2) is 10.2. The molecule has 4 rings (SSSR count). The Balaban J connectivity index is 1.35. The van der Waals surface area contributed by atoms with Crippen LogP contribution >= 0.6 is 0 Å². The van der Waals surface area contributed by atoms with Gasteiger partial charge in [0.2, 0.25) is 5.91 Å². The third-order valence-electron chi connectivity index (χ3n) is 5.85. The van der Waals surface area contributed by atoms with E-state index in [2.05, 4.69) is 59.6 Å². The monoisotopic (exact) mass is 410 g/mol. The van der Waals surface area contributed by atoms with Gasteiger partial charge >= 0.3 is 0 Å². The Morgan fingerprint density at radius 2 is 1.71 bits per heavy atom. The number of rotatable bonds is 6. The van der Waals surface area contributed by atoms with E-state index in [-0.39, 0.29) is 5.91 Å². The van der Waals surface area contributed by atoms with Crippen LogP contribution < -0.4 is 5.32 Å². The fourth-order valence-electron chi connectivity index (χ4n) is 4.13. The molecule has 1 N–H and O–H groups in total. The zero-order valence-corrected chi connectivity index (χ0v) is 18.2. The predicted octanol–water partition coefficient (Wildman–Crippen LogP) is 6.30. The number of anilines is 1. The highest BCUT2D eigenvalue weighted by molar-refractivity contribution is 6.02. The molecule has 31 heavy (non-hydrogen) atoms. The minimum atomic E-state index is -0.120. The molecule has 0 aromatic heterocycles. The number of hydrogen-bond donors (Lipinski definition) is 1. The summed E-state index contributed by atoms with van der Waals surface area (Å²) in [5, 5.41) is 2.96. The minimum absolute atomic E-state index is 0.120. The van der Waals surface area contributed by atoms with Crippen LogP contribution in [-0.4, -0.2) is 23.9 Å². The Kier molecular flexibility index (Phi) is 6.96. The quantitative estimate of drug-likeness (QED) is 0.484. The lowest BCUT2D eigenvalue weighted by Gasteiger charge is -2.26. The van der Waals surface area contributed by atoms with Crippen molar-refractivity contribution in [3.8, 4) is 11.1 Å². The van der Waals surface area contributed by atoms with Crippen molar-refractivity contribution in [2.75, 3.05) is 18.4 Å². The number of carbonyl (C=O) groups excluding carboxylic acids is 1. The number of aryl methyl sites for hydroxylation is 1. The van der Waals surface area contributed by atoms with Crippen molar-refractivity contribution in [3.05, 3.63) is 95.6 Å². The maximum Gasteiger partial charge on any atom is 0.248 e. The molecule has 0 aliphatic carbocycles. The maximum absolute atomic E-state index is 12.4. The molecule has 0 bridgehead atoms. The molecule has 1 amide bonds. The van der Waals surface area contributed by atoms with E-state index in [0.717, 1.165) is 23.4 Å². The van der Waals surface area contributed by atoms with Gasteiger partial charge in [-0.2, -0.15) is 0 Å². The molecule has 3 heteroatoms. The van der Waals surface area contributed by atoms with Gasteiger partial charge in [0.1, 0.15) is 0 Å². The van der Waals surface area contributed by atoms with Crippen LogP contribution in [0.25, 0.3) is 17.2 Å². The van der Waals surface area contributed by atoms with E-state index in [1.807, 2.05) is 36.4 Å². The van der Waals surface area contributed by atoms with E-state index in [1.54, 1.807) is 6.08 Å². The highest BCUT2D eigenvalue weighted by Gasteiger charge is 2.10. The predicted molar refractivity (Wildman–Crippen MR) is 130 cm³/mol. The Bertz CT molecular complexity index is 1050. The first-order chi connectivity index (χ1) is 15.2. The summed E-state index contributed by atoms with van der Waals surface area (Å²) < 4.78 is 0. The molecule has 3 nitrogen and oxygen atoms in total. The molecule has 1 aliphatic rings. The molecule has 3 aromatic carbocycles. The smallest absolute Gasteiger partial charge is 0.248 e. The highest BCUT2D eigenvalue weighted by atomic mass is 16.1. The van der Waals surface area contributed by atoms with Gasteiger partial charge in [-0.05, 0) is 84.9 Å². The van der Waals surface area contributed by atoms with Gasteiger partial charge in [-0.1, -0.05) is 61.0 Å². The molecule has 0 unspecified atom stereocenters. The number of benzene rings is 3. The van der Waals surface area contributed by atoms with E-state index in [4.69, 9.17) is 0 Å². The van der Waals surface area contributed by atoms with Crippen LogP contribution in [0.4, 0.5) is 5.69 Å². The van der Waals surface area contributed by atoms with Crippen molar-refractivity contribution in [3.63, 3.8) is 0 Å². The molecule has 1 heterocycles. The average molecular weight is 411 g/mol. The topological polar surface area (TPSA) is 32.3 Å². The van der Waals surface area contributed by atoms with E-state index < -0.39 is 0 Å². The molecule has 1 aliphatic heterocycles. The van der Waals surface area contributed by atoms with Crippen LogP contribution in [0.3, 0.4) is 0 Å². The lowest BCUT2D eigenvalue weighted by atomic mass is 9.99. The van der Waals surface area contributed by atoms with Crippen LogP contribution in [-0.2, 0) is 11.3 Å². The zero-order valence-electron chi connectivity index (χ0n) is 18.2. The highest BCUT2D eigenvalue weighted by Crippen LogP contribution is 2.24. The van der Waals surface area contributed by atoms with Gasteiger partial charge in [0.25, 0.3) is 0 Å². The Labute approximate surface area is 185 Å². The Hall–Kier alpha value is -3.17. The fourth-order valence-corrected chi connectivity index (χ4v) is 4.13.